The van der Waals surface area contributed by atoms with Gasteiger partial charge in [-0.3, -0.25) is 4.79 Å². The fraction of sp³-hybridized carbons (Fsp3) is 0.417. The predicted molar refractivity (Wildman–Crippen MR) is 66.2 cm³/mol. The van der Waals surface area contributed by atoms with Crippen LogP contribution in [0.5, 0.6) is 5.75 Å². The van der Waals surface area contributed by atoms with Gasteiger partial charge in [0.05, 0.1) is 5.69 Å². The molecule has 0 radical (unpaired) electrons. The van der Waals surface area contributed by atoms with Crippen LogP contribution >= 0.6 is 0 Å². The van der Waals surface area contributed by atoms with Crippen molar-refractivity contribution in [3.8, 4) is 5.75 Å². The first kappa shape index (κ1) is 11.9. The summed E-state index contributed by atoms with van der Waals surface area (Å²) in [5.74, 6) is 0.685. The molecule has 5 heteroatoms. The maximum Gasteiger partial charge on any atom is 0.264 e. The van der Waals surface area contributed by atoms with E-state index in [1.165, 1.54) is 0 Å². The number of nitrogens with two attached hydrogens (primary N) is 1. The number of carbonyl (C=O) groups excluding carboxylic acids is 1. The molecule has 0 bridgehead atoms. The highest BCUT2D eigenvalue weighted by Gasteiger charge is 2.22. The van der Waals surface area contributed by atoms with Crippen LogP contribution in [0.2, 0.25) is 0 Å². The van der Waals surface area contributed by atoms with Crippen LogP contribution in [0, 0.1) is 0 Å². The molecule has 1 aliphatic rings. The first-order valence-corrected chi connectivity index (χ1v) is 5.57. The normalized spacial score (nSPS) is 16.4. The summed E-state index contributed by atoms with van der Waals surface area (Å²) in [6, 6.07) is 5.62. The van der Waals surface area contributed by atoms with Gasteiger partial charge < -0.3 is 20.7 Å². The minimum Gasteiger partial charge on any atom is -0.482 e. The van der Waals surface area contributed by atoms with Crippen LogP contribution in [0.4, 0.5) is 5.69 Å². The molecule has 0 spiro atoms. The van der Waals surface area contributed by atoms with Crippen LogP contribution in [0.1, 0.15) is 11.6 Å². The second-order valence-corrected chi connectivity index (χ2v) is 4.13. The summed E-state index contributed by atoms with van der Waals surface area (Å²) in [7, 11) is 3.61. The van der Waals surface area contributed by atoms with Crippen LogP contribution in [0.15, 0.2) is 18.2 Å². The van der Waals surface area contributed by atoms with E-state index in [9.17, 15) is 4.79 Å². The van der Waals surface area contributed by atoms with E-state index >= 15 is 0 Å². The maximum atomic E-state index is 11.5. The van der Waals surface area contributed by atoms with Gasteiger partial charge in [-0.05, 0) is 24.7 Å². The van der Waals surface area contributed by atoms with Crippen LogP contribution in [-0.4, -0.2) is 33.2 Å². The molecule has 0 aliphatic carbocycles. The zero-order chi connectivity index (χ0) is 12.4. The third kappa shape index (κ3) is 2.25. The first-order valence-electron chi connectivity index (χ1n) is 5.57. The molecule has 92 valence electrons. The van der Waals surface area contributed by atoms with Crippen LogP contribution in [0.25, 0.3) is 0 Å². The third-order valence-corrected chi connectivity index (χ3v) is 2.92. The molecule has 17 heavy (non-hydrogen) atoms. The molecule has 3 N–H and O–H groups in total. The second kappa shape index (κ2) is 4.73. The summed E-state index contributed by atoms with van der Waals surface area (Å²) in [6.07, 6.45) is 0. The van der Waals surface area contributed by atoms with Crippen molar-refractivity contribution in [1.82, 2.24) is 5.32 Å². The lowest BCUT2D eigenvalue weighted by molar-refractivity contribution is -0.120. The Hall–Kier alpha value is -1.59. The number of carbonyl (C=O) groups is 1. The van der Waals surface area contributed by atoms with E-state index in [1.807, 2.05) is 25.2 Å². The minimum atomic E-state index is -0.0873. The number of hydrogen-bond acceptors (Lipinski definition) is 4. The molecule has 0 aromatic heterocycles. The SMILES string of the molecule is CNCC(N)c1ccc2c(c1)N(C)C(=O)CO2. The Labute approximate surface area is 101 Å². The number of ether oxygens (including phenoxy) is 1. The summed E-state index contributed by atoms with van der Waals surface area (Å²) in [5, 5.41) is 3.03. The molecule has 1 aromatic rings. The highest BCUT2D eigenvalue weighted by atomic mass is 16.5. The summed E-state index contributed by atoms with van der Waals surface area (Å²) in [4.78, 5) is 13.1. The summed E-state index contributed by atoms with van der Waals surface area (Å²) >= 11 is 0. The highest BCUT2D eigenvalue weighted by Crippen LogP contribution is 2.33. The number of benzene rings is 1. The summed E-state index contributed by atoms with van der Waals surface area (Å²) < 4.78 is 5.35. The topological polar surface area (TPSA) is 67.6 Å². The van der Waals surface area contributed by atoms with Crippen molar-refractivity contribution in [2.75, 3.05) is 32.1 Å². The Kier molecular flexibility index (Phi) is 3.31. The number of amides is 1. The first-order chi connectivity index (χ1) is 8.13. The zero-order valence-corrected chi connectivity index (χ0v) is 10.1. The Morgan fingerprint density at radius 3 is 3.06 bits per heavy atom. The van der Waals surface area contributed by atoms with Crippen molar-refractivity contribution >= 4 is 11.6 Å². The van der Waals surface area contributed by atoms with Gasteiger partial charge in [0.2, 0.25) is 0 Å². The van der Waals surface area contributed by atoms with E-state index in [4.69, 9.17) is 10.5 Å². The van der Waals surface area contributed by atoms with Gasteiger partial charge >= 0.3 is 0 Å². The van der Waals surface area contributed by atoms with Gasteiger partial charge in [0.15, 0.2) is 6.61 Å². The lowest BCUT2D eigenvalue weighted by Crippen LogP contribution is -2.35. The number of anilines is 1. The fourth-order valence-electron chi connectivity index (χ4n) is 1.86. The number of hydrogen-bond donors (Lipinski definition) is 2. The quantitative estimate of drug-likeness (QED) is 0.788. The molecule has 1 aromatic carbocycles. The average molecular weight is 235 g/mol. The Morgan fingerprint density at radius 2 is 2.35 bits per heavy atom. The molecule has 1 atom stereocenters. The van der Waals surface area contributed by atoms with Crippen LogP contribution < -0.4 is 20.7 Å². The molecule has 2 rings (SSSR count). The van der Waals surface area contributed by atoms with Gasteiger partial charge in [0.1, 0.15) is 5.75 Å². The molecule has 1 aliphatic heterocycles. The van der Waals surface area contributed by atoms with Crippen molar-refractivity contribution in [1.29, 1.82) is 0 Å². The molecule has 0 fully saturated rings. The smallest absolute Gasteiger partial charge is 0.264 e. The number of fused-ring (bicyclic) bond motifs is 1. The standard InChI is InChI=1S/C12H17N3O2/c1-14-6-9(13)8-3-4-11-10(5-8)15(2)12(16)7-17-11/h3-5,9,14H,6-7,13H2,1-2H3. The number of likely N-dealkylation sites (N-methyl/N-ethyl adjacent to an activating group) is 2. The predicted octanol–water partition coefficient (Wildman–Crippen LogP) is 0.261. The maximum absolute atomic E-state index is 11.5. The Bertz CT molecular complexity index is 434. The zero-order valence-electron chi connectivity index (χ0n) is 10.1. The van der Waals surface area contributed by atoms with Gasteiger partial charge in [0.25, 0.3) is 5.91 Å². The lowest BCUT2D eigenvalue weighted by Gasteiger charge is -2.27. The van der Waals surface area contributed by atoms with Crippen molar-refractivity contribution in [2.24, 2.45) is 5.73 Å². The van der Waals surface area contributed by atoms with E-state index in [2.05, 4.69) is 5.32 Å². The largest absolute Gasteiger partial charge is 0.482 e. The van der Waals surface area contributed by atoms with Gasteiger partial charge in [-0.15, -0.1) is 0 Å². The molecule has 1 heterocycles. The molecule has 1 amide bonds. The summed E-state index contributed by atoms with van der Waals surface area (Å²) in [6.45, 7) is 0.794. The average Bonchev–Trinajstić information content (AvgIpc) is 2.34. The second-order valence-electron chi connectivity index (χ2n) is 4.13. The molecule has 0 saturated carbocycles. The van der Waals surface area contributed by atoms with Gasteiger partial charge in [-0.1, -0.05) is 6.07 Å². The minimum absolute atomic E-state index is 0.0446. The highest BCUT2D eigenvalue weighted by molar-refractivity contribution is 5.97. The monoisotopic (exact) mass is 235 g/mol. The Balaban J connectivity index is 2.32. The van der Waals surface area contributed by atoms with E-state index in [1.54, 1.807) is 11.9 Å². The molecule has 0 saturated heterocycles. The lowest BCUT2D eigenvalue weighted by atomic mass is 10.1. The van der Waals surface area contributed by atoms with Crippen molar-refractivity contribution < 1.29 is 9.53 Å². The van der Waals surface area contributed by atoms with Crippen LogP contribution in [-0.2, 0) is 4.79 Å². The van der Waals surface area contributed by atoms with E-state index in [0.717, 1.165) is 17.0 Å². The van der Waals surface area contributed by atoms with Crippen molar-refractivity contribution in [3.05, 3.63) is 23.8 Å². The molecule has 1 unspecified atom stereocenters. The third-order valence-electron chi connectivity index (χ3n) is 2.92. The number of nitrogens with zero attached hydrogens (tertiary/aromatic N) is 1. The van der Waals surface area contributed by atoms with Gasteiger partial charge in [-0.2, -0.15) is 0 Å². The van der Waals surface area contributed by atoms with Crippen LogP contribution in [0.3, 0.4) is 0 Å². The number of nitrogens with one attached hydrogen (secondary N) is 1. The van der Waals surface area contributed by atoms with E-state index < -0.39 is 0 Å². The number of rotatable bonds is 3. The van der Waals surface area contributed by atoms with Crippen molar-refractivity contribution in [3.63, 3.8) is 0 Å². The molecule has 5 nitrogen and oxygen atoms in total. The van der Waals surface area contributed by atoms with Gasteiger partial charge in [-0.25, -0.2) is 0 Å². The molecular formula is C12H17N3O2. The summed E-state index contributed by atoms with van der Waals surface area (Å²) in [5.41, 5.74) is 7.78. The van der Waals surface area contributed by atoms with Crippen molar-refractivity contribution in [2.45, 2.75) is 6.04 Å². The Morgan fingerprint density at radius 1 is 1.59 bits per heavy atom. The molecular weight excluding hydrogens is 218 g/mol. The fourth-order valence-corrected chi connectivity index (χ4v) is 1.86. The van der Waals surface area contributed by atoms with E-state index in [-0.39, 0.29) is 18.6 Å². The van der Waals surface area contributed by atoms with E-state index in [0.29, 0.717) is 6.54 Å². The van der Waals surface area contributed by atoms with Gasteiger partial charge in [0, 0.05) is 19.6 Å².